The lowest BCUT2D eigenvalue weighted by molar-refractivity contribution is 1.07. The van der Waals surface area contributed by atoms with Gasteiger partial charge in [-0.15, -0.1) is 11.8 Å². The van der Waals surface area contributed by atoms with Crippen molar-refractivity contribution in [1.82, 2.24) is 4.98 Å². The highest BCUT2D eigenvalue weighted by molar-refractivity contribution is 7.99. The third kappa shape index (κ3) is 2.92. The Bertz CT molecular complexity index is 320. The molecule has 0 aliphatic carbocycles. The van der Waals surface area contributed by atoms with Gasteiger partial charge in [-0.2, -0.15) is 0 Å². The maximum Gasteiger partial charge on any atom is 0.160 e. The molecule has 0 amide bonds. The molecule has 0 radical (unpaired) electrons. The van der Waals surface area contributed by atoms with E-state index in [1.165, 1.54) is 0 Å². The lowest BCUT2D eigenvalue weighted by Crippen LogP contribution is -2.09. The molecule has 0 aromatic carbocycles. The third-order valence-corrected chi connectivity index (χ3v) is 3.36. The van der Waals surface area contributed by atoms with E-state index >= 15 is 0 Å². The van der Waals surface area contributed by atoms with Gasteiger partial charge in [-0.1, -0.05) is 30.1 Å². The number of aromatic nitrogens is 1. The molecule has 0 fully saturated rings. The molecule has 0 atom stereocenters. The minimum atomic E-state index is 0.429. The van der Waals surface area contributed by atoms with Crippen molar-refractivity contribution in [2.45, 2.75) is 18.4 Å². The highest BCUT2D eigenvalue weighted by Crippen LogP contribution is 2.31. The van der Waals surface area contributed by atoms with Gasteiger partial charge in [0.1, 0.15) is 5.03 Å². The molecule has 14 heavy (non-hydrogen) atoms. The van der Waals surface area contributed by atoms with Gasteiger partial charge in [-0.3, -0.25) is 0 Å². The summed E-state index contributed by atoms with van der Waals surface area (Å²) in [6, 6.07) is 1.64. The SMILES string of the molecule is CCCSc1nc(NN)c(Cl)cc1Cl. The molecule has 78 valence electrons. The molecule has 0 bridgehead atoms. The Morgan fingerprint density at radius 3 is 2.79 bits per heavy atom. The first-order valence-electron chi connectivity index (χ1n) is 4.14. The smallest absolute Gasteiger partial charge is 0.160 e. The average Bonchev–Trinajstić information content (AvgIpc) is 2.17. The number of pyridine rings is 1. The first kappa shape index (κ1) is 11.9. The summed E-state index contributed by atoms with van der Waals surface area (Å²) < 4.78 is 0. The van der Waals surface area contributed by atoms with Gasteiger partial charge in [-0.05, 0) is 18.2 Å². The van der Waals surface area contributed by atoms with Gasteiger partial charge in [0.2, 0.25) is 0 Å². The second-order valence-corrected chi connectivity index (χ2v) is 4.50. The van der Waals surface area contributed by atoms with Crippen LogP contribution in [0.15, 0.2) is 11.1 Å². The van der Waals surface area contributed by atoms with Crippen molar-refractivity contribution in [1.29, 1.82) is 0 Å². The summed E-state index contributed by atoms with van der Waals surface area (Å²) in [7, 11) is 0. The number of anilines is 1. The number of hydrogen-bond donors (Lipinski definition) is 2. The van der Waals surface area contributed by atoms with E-state index in [0.29, 0.717) is 15.9 Å². The van der Waals surface area contributed by atoms with Gasteiger partial charge >= 0.3 is 0 Å². The van der Waals surface area contributed by atoms with Crippen molar-refractivity contribution >= 4 is 40.8 Å². The van der Waals surface area contributed by atoms with Gasteiger partial charge < -0.3 is 5.43 Å². The van der Waals surface area contributed by atoms with Crippen LogP contribution in [-0.4, -0.2) is 10.7 Å². The Labute approximate surface area is 97.3 Å². The zero-order chi connectivity index (χ0) is 10.6. The van der Waals surface area contributed by atoms with Crippen LogP contribution in [0.25, 0.3) is 0 Å². The Balaban J connectivity index is 2.92. The van der Waals surface area contributed by atoms with Crippen molar-refractivity contribution in [3.8, 4) is 0 Å². The fourth-order valence-electron chi connectivity index (χ4n) is 0.851. The number of hydrazine groups is 1. The number of nitrogens with one attached hydrogen (secondary N) is 1. The van der Waals surface area contributed by atoms with Crippen molar-refractivity contribution in [3.63, 3.8) is 0 Å². The predicted octanol–water partition coefficient (Wildman–Crippen LogP) is 3.18. The molecule has 0 saturated carbocycles. The second kappa shape index (κ2) is 5.66. The van der Waals surface area contributed by atoms with Crippen LogP contribution in [0.1, 0.15) is 13.3 Å². The van der Waals surface area contributed by atoms with Gasteiger partial charge in [0, 0.05) is 0 Å². The first-order chi connectivity index (χ1) is 6.69. The van der Waals surface area contributed by atoms with E-state index in [9.17, 15) is 0 Å². The zero-order valence-electron chi connectivity index (χ0n) is 7.68. The summed E-state index contributed by atoms with van der Waals surface area (Å²) in [5.41, 5.74) is 2.42. The monoisotopic (exact) mass is 251 g/mol. The van der Waals surface area contributed by atoms with E-state index in [1.54, 1.807) is 17.8 Å². The average molecular weight is 252 g/mol. The number of nitrogens with two attached hydrogens (primary N) is 1. The largest absolute Gasteiger partial charge is 0.307 e. The lowest BCUT2D eigenvalue weighted by Gasteiger charge is -2.07. The van der Waals surface area contributed by atoms with Crippen LogP contribution in [0, 0.1) is 0 Å². The molecule has 3 nitrogen and oxygen atoms in total. The van der Waals surface area contributed by atoms with E-state index in [0.717, 1.165) is 17.2 Å². The summed E-state index contributed by atoms with van der Waals surface area (Å²) in [5, 5.41) is 1.75. The summed E-state index contributed by atoms with van der Waals surface area (Å²) in [4.78, 5) is 4.19. The van der Waals surface area contributed by atoms with Crippen molar-refractivity contribution in [2.24, 2.45) is 5.84 Å². The molecule has 0 aliphatic rings. The lowest BCUT2D eigenvalue weighted by atomic mass is 10.4. The van der Waals surface area contributed by atoms with Crippen LogP contribution >= 0.6 is 35.0 Å². The number of nitrogens with zero attached hydrogens (tertiary/aromatic N) is 1. The van der Waals surface area contributed by atoms with Crippen LogP contribution in [-0.2, 0) is 0 Å². The molecule has 1 aromatic heterocycles. The molecule has 1 heterocycles. The molecular weight excluding hydrogens is 241 g/mol. The van der Waals surface area contributed by atoms with Crippen molar-refractivity contribution < 1.29 is 0 Å². The number of halogens is 2. The fourth-order valence-corrected chi connectivity index (χ4v) is 2.18. The van der Waals surface area contributed by atoms with E-state index in [1.807, 2.05) is 0 Å². The van der Waals surface area contributed by atoms with Crippen molar-refractivity contribution in [3.05, 3.63) is 16.1 Å². The van der Waals surface area contributed by atoms with E-state index in [2.05, 4.69) is 17.3 Å². The van der Waals surface area contributed by atoms with E-state index in [-0.39, 0.29) is 0 Å². The van der Waals surface area contributed by atoms with E-state index in [4.69, 9.17) is 29.0 Å². The Kier molecular flexibility index (Phi) is 4.81. The number of nitrogen functional groups attached to an aromatic ring is 1. The number of thioether (sulfide) groups is 1. The first-order valence-corrected chi connectivity index (χ1v) is 5.88. The topological polar surface area (TPSA) is 50.9 Å². The quantitative estimate of drug-likeness (QED) is 0.491. The number of hydrogen-bond acceptors (Lipinski definition) is 4. The maximum atomic E-state index is 5.96. The molecule has 3 N–H and O–H groups in total. The van der Waals surface area contributed by atoms with Gasteiger partial charge in [0.05, 0.1) is 10.0 Å². The zero-order valence-corrected chi connectivity index (χ0v) is 10.0. The van der Waals surface area contributed by atoms with Crippen LogP contribution in [0.5, 0.6) is 0 Å². The second-order valence-electron chi connectivity index (χ2n) is 2.60. The van der Waals surface area contributed by atoms with Gasteiger partial charge in [0.25, 0.3) is 0 Å². The minimum absolute atomic E-state index is 0.429. The highest BCUT2D eigenvalue weighted by Gasteiger charge is 2.08. The molecular formula is C8H11Cl2N3S. The van der Waals surface area contributed by atoms with Crippen molar-refractivity contribution in [2.75, 3.05) is 11.2 Å². The summed E-state index contributed by atoms with van der Waals surface area (Å²) in [6.45, 7) is 2.10. The summed E-state index contributed by atoms with van der Waals surface area (Å²) in [5.74, 6) is 6.67. The normalized spacial score (nSPS) is 10.3. The van der Waals surface area contributed by atoms with Gasteiger partial charge in [0.15, 0.2) is 5.82 Å². The predicted molar refractivity (Wildman–Crippen MR) is 63.1 cm³/mol. The Morgan fingerprint density at radius 1 is 1.50 bits per heavy atom. The summed E-state index contributed by atoms with van der Waals surface area (Å²) >= 11 is 13.4. The molecule has 1 aromatic rings. The summed E-state index contributed by atoms with van der Waals surface area (Å²) in [6.07, 6.45) is 1.07. The van der Waals surface area contributed by atoms with Gasteiger partial charge in [-0.25, -0.2) is 10.8 Å². The fraction of sp³-hybridized carbons (Fsp3) is 0.375. The van der Waals surface area contributed by atoms with Crippen LogP contribution in [0.2, 0.25) is 10.0 Å². The van der Waals surface area contributed by atoms with Crippen LogP contribution in [0.3, 0.4) is 0 Å². The Hall–Kier alpha value is -0.160. The molecule has 0 saturated heterocycles. The highest BCUT2D eigenvalue weighted by atomic mass is 35.5. The molecule has 0 unspecified atom stereocenters. The molecule has 0 spiro atoms. The number of rotatable bonds is 4. The van der Waals surface area contributed by atoms with Crippen LogP contribution in [0.4, 0.5) is 5.82 Å². The molecule has 1 rings (SSSR count). The molecule has 6 heteroatoms. The standard InChI is InChI=1S/C8H11Cl2N3S/c1-2-3-14-8-6(10)4-5(9)7(12-8)13-11/h4H,2-3,11H2,1H3,(H,12,13). The molecule has 0 aliphatic heterocycles. The van der Waals surface area contributed by atoms with E-state index < -0.39 is 0 Å². The third-order valence-electron chi connectivity index (χ3n) is 1.48. The minimum Gasteiger partial charge on any atom is -0.307 e. The Morgan fingerprint density at radius 2 is 2.21 bits per heavy atom. The van der Waals surface area contributed by atoms with Crippen LogP contribution < -0.4 is 11.3 Å². The maximum absolute atomic E-state index is 5.96.